The van der Waals surface area contributed by atoms with Gasteiger partial charge in [0.05, 0.1) is 11.9 Å². The first-order valence-corrected chi connectivity index (χ1v) is 7.47. The van der Waals surface area contributed by atoms with Crippen LogP contribution in [0.5, 0.6) is 0 Å². The Morgan fingerprint density at radius 1 is 1.30 bits per heavy atom. The highest BCUT2D eigenvalue weighted by molar-refractivity contribution is 5.92. The number of rotatable bonds is 4. The van der Waals surface area contributed by atoms with Gasteiger partial charge in [-0.2, -0.15) is 0 Å². The van der Waals surface area contributed by atoms with Crippen LogP contribution in [0.1, 0.15) is 32.8 Å². The molecule has 2 aromatic rings. The number of aromatic nitrogens is 1. The monoisotopic (exact) mass is 318 g/mol. The minimum Gasteiger partial charge on any atom is -0.481 e. The number of fused-ring (bicyclic) bond motifs is 1. The maximum absolute atomic E-state index is 12.4. The van der Waals surface area contributed by atoms with Crippen molar-refractivity contribution in [3.05, 3.63) is 36.0 Å². The first-order valence-electron chi connectivity index (χ1n) is 7.47. The van der Waals surface area contributed by atoms with Crippen LogP contribution in [0.2, 0.25) is 0 Å². The number of ether oxygens (including phenoxy) is 1. The number of benzene rings is 1. The lowest BCUT2D eigenvalue weighted by atomic mass is 10.0. The van der Waals surface area contributed by atoms with Gasteiger partial charge in [-0.15, -0.1) is 0 Å². The van der Waals surface area contributed by atoms with E-state index in [4.69, 9.17) is 15.6 Å². The Morgan fingerprint density at radius 3 is 2.57 bits per heavy atom. The average Bonchev–Trinajstić information content (AvgIpc) is 2.75. The molecule has 1 unspecified atom stereocenters. The molecule has 0 aliphatic rings. The fraction of sp³-hybridized carbons (Fsp3) is 0.412. The largest absolute Gasteiger partial charge is 0.481 e. The van der Waals surface area contributed by atoms with Crippen LogP contribution >= 0.6 is 0 Å². The predicted molar refractivity (Wildman–Crippen MR) is 87.5 cm³/mol. The van der Waals surface area contributed by atoms with Crippen LogP contribution in [0.4, 0.5) is 4.79 Å². The molecule has 0 saturated heterocycles. The van der Waals surface area contributed by atoms with Crippen LogP contribution in [0.3, 0.4) is 0 Å². The zero-order valence-electron chi connectivity index (χ0n) is 13.6. The van der Waals surface area contributed by atoms with E-state index in [-0.39, 0.29) is 6.42 Å². The molecular weight excluding hydrogens is 296 g/mol. The number of aliphatic carboxylic acids is 1. The second-order valence-corrected chi connectivity index (χ2v) is 6.58. The van der Waals surface area contributed by atoms with E-state index in [1.807, 2.05) is 24.3 Å². The Hall–Kier alpha value is -2.34. The van der Waals surface area contributed by atoms with Crippen molar-refractivity contribution in [3.63, 3.8) is 0 Å². The first kappa shape index (κ1) is 17.0. The molecule has 6 nitrogen and oxygen atoms in total. The van der Waals surface area contributed by atoms with Gasteiger partial charge in [-0.25, -0.2) is 4.79 Å². The number of carboxylic acid groups (broad SMARTS) is 1. The highest BCUT2D eigenvalue weighted by atomic mass is 16.6. The van der Waals surface area contributed by atoms with Crippen molar-refractivity contribution < 1.29 is 19.4 Å². The van der Waals surface area contributed by atoms with Crippen LogP contribution < -0.4 is 5.73 Å². The molecule has 3 N–H and O–H groups in total. The van der Waals surface area contributed by atoms with Crippen LogP contribution in [0.15, 0.2) is 30.5 Å². The van der Waals surface area contributed by atoms with Crippen molar-refractivity contribution in [2.45, 2.75) is 45.3 Å². The van der Waals surface area contributed by atoms with E-state index in [0.717, 1.165) is 16.5 Å². The molecule has 0 radical (unpaired) electrons. The number of para-hydroxylation sites is 1. The average molecular weight is 318 g/mol. The summed E-state index contributed by atoms with van der Waals surface area (Å²) in [7, 11) is 0. The Kier molecular flexibility index (Phi) is 4.75. The van der Waals surface area contributed by atoms with E-state index >= 15 is 0 Å². The quantitative estimate of drug-likeness (QED) is 0.904. The Balaban J connectivity index is 2.36. The Labute approximate surface area is 134 Å². The summed E-state index contributed by atoms with van der Waals surface area (Å²) in [4.78, 5) is 23.1. The molecule has 124 valence electrons. The molecule has 0 aliphatic heterocycles. The number of nitrogens with zero attached hydrogens (tertiary/aromatic N) is 1. The molecule has 0 aliphatic carbocycles. The van der Waals surface area contributed by atoms with Gasteiger partial charge < -0.3 is 15.6 Å². The van der Waals surface area contributed by atoms with Crippen molar-refractivity contribution in [1.82, 2.24) is 4.57 Å². The van der Waals surface area contributed by atoms with Gasteiger partial charge in [-0.05, 0) is 38.8 Å². The molecule has 0 bridgehead atoms. The van der Waals surface area contributed by atoms with Gasteiger partial charge in [0.25, 0.3) is 0 Å². The molecule has 23 heavy (non-hydrogen) atoms. The third-order valence-corrected chi connectivity index (χ3v) is 3.30. The van der Waals surface area contributed by atoms with Gasteiger partial charge in [-0.3, -0.25) is 9.36 Å². The number of hydrogen-bond donors (Lipinski definition) is 2. The highest BCUT2D eigenvalue weighted by Gasteiger charge is 2.21. The smallest absolute Gasteiger partial charge is 0.419 e. The fourth-order valence-electron chi connectivity index (χ4n) is 2.45. The van der Waals surface area contributed by atoms with Gasteiger partial charge in [0, 0.05) is 17.6 Å². The lowest BCUT2D eigenvalue weighted by molar-refractivity contribution is -0.137. The molecule has 6 heteroatoms. The number of hydrogen-bond acceptors (Lipinski definition) is 4. The molecule has 1 atom stereocenters. The summed E-state index contributed by atoms with van der Waals surface area (Å²) in [5.41, 5.74) is 6.84. The summed E-state index contributed by atoms with van der Waals surface area (Å²) < 4.78 is 6.86. The lowest BCUT2D eigenvalue weighted by Crippen LogP contribution is -2.27. The molecule has 1 aromatic heterocycles. The molecule has 2 rings (SSSR count). The lowest BCUT2D eigenvalue weighted by Gasteiger charge is -2.19. The minimum atomic E-state index is -0.937. The van der Waals surface area contributed by atoms with E-state index in [1.54, 1.807) is 27.0 Å². The van der Waals surface area contributed by atoms with E-state index in [0.29, 0.717) is 6.42 Å². The zero-order chi connectivity index (χ0) is 17.2. The molecule has 0 fully saturated rings. The number of carbonyl (C=O) groups is 2. The van der Waals surface area contributed by atoms with Crippen molar-refractivity contribution >= 4 is 23.0 Å². The van der Waals surface area contributed by atoms with Crippen molar-refractivity contribution in [2.75, 3.05) is 0 Å². The second kappa shape index (κ2) is 6.42. The van der Waals surface area contributed by atoms with Gasteiger partial charge >= 0.3 is 12.1 Å². The third kappa shape index (κ3) is 4.32. The summed E-state index contributed by atoms with van der Waals surface area (Å²) in [5.74, 6) is -0.937. The summed E-state index contributed by atoms with van der Waals surface area (Å²) in [6, 6.07) is 6.91. The normalized spacial score (nSPS) is 13.0. The van der Waals surface area contributed by atoms with E-state index in [9.17, 15) is 9.59 Å². The molecule has 1 aromatic carbocycles. The topological polar surface area (TPSA) is 94.5 Å². The van der Waals surface area contributed by atoms with Crippen molar-refractivity contribution in [3.8, 4) is 0 Å². The molecule has 0 amide bonds. The highest BCUT2D eigenvalue weighted by Crippen LogP contribution is 2.24. The van der Waals surface area contributed by atoms with Crippen molar-refractivity contribution in [1.29, 1.82) is 0 Å². The van der Waals surface area contributed by atoms with Crippen LogP contribution in [-0.4, -0.2) is 33.4 Å². The van der Waals surface area contributed by atoms with E-state index < -0.39 is 23.7 Å². The minimum absolute atomic E-state index is 0.119. The number of carbonyl (C=O) groups excluding carboxylic acids is 1. The Bertz CT molecular complexity index is 728. The van der Waals surface area contributed by atoms with Crippen molar-refractivity contribution in [2.24, 2.45) is 5.73 Å². The maximum atomic E-state index is 12.4. The summed E-state index contributed by atoms with van der Waals surface area (Å²) >= 11 is 0. The summed E-state index contributed by atoms with van der Waals surface area (Å²) in [6.07, 6.45) is 1.47. The maximum Gasteiger partial charge on any atom is 0.419 e. The van der Waals surface area contributed by atoms with Gasteiger partial charge in [0.2, 0.25) is 0 Å². The molecule has 0 saturated carbocycles. The van der Waals surface area contributed by atoms with E-state index in [2.05, 4.69) is 0 Å². The first-order chi connectivity index (χ1) is 10.7. The number of carboxylic acids is 1. The fourth-order valence-corrected chi connectivity index (χ4v) is 2.45. The van der Waals surface area contributed by atoms with Gasteiger partial charge in [0.1, 0.15) is 5.60 Å². The third-order valence-electron chi connectivity index (χ3n) is 3.30. The van der Waals surface area contributed by atoms with E-state index in [1.165, 1.54) is 4.57 Å². The zero-order valence-corrected chi connectivity index (χ0v) is 13.6. The van der Waals surface area contributed by atoms with Crippen LogP contribution in [0, 0.1) is 0 Å². The molecule has 0 spiro atoms. The predicted octanol–water partition coefficient (Wildman–Crippen LogP) is 2.77. The van der Waals surface area contributed by atoms with Gasteiger partial charge in [-0.1, -0.05) is 18.2 Å². The molecule has 1 heterocycles. The van der Waals surface area contributed by atoms with Crippen LogP contribution in [-0.2, 0) is 16.0 Å². The summed E-state index contributed by atoms with van der Waals surface area (Å²) in [5, 5.41) is 9.71. The Morgan fingerprint density at radius 2 is 1.96 bits per heavy atom. The van der Waals surface area contributed by atoms with Crippen LogP contribution in [0.25, 0.3) is 10.9 Å². The summed E-state index contributed by atoms with van der Waals surface area (Å²) in [6.45, 7) is 5.42. The second-order valence-electron chi connectivity index (χ2n) is 6.58. The number of nitrogens with two attached hydrogens (primary N) is 1. The molecular formula is C17H22N2O4. The van der Waals surface area contributed by atoms with Gasteiger partial charge in [0.15, 0.2) is 0 Å². The SMILES string of the molecule is CC(C)(C)OC(=O)n1cc(CC(N)CC(=O)O)c2ccccc21. The standard InChI is InChI=1S/C17H22N2O4/c1-17(2,3)23-16(22)19-10-11(8-12(18)9-15(20)21)13-6-4-5-7-14(13)19/h4-7,10,12H,8-9,18H2,1-3H3,(H,20,21).